The Bertz CT molecular complexity index is 721. The highest BCUT2D eigenvalue weighted by Gasteiger charge is 2.11. The number of aryl methyl sites for hydroxylation is 1. The first-order valence-corrected chi connectivity index (χ1v) is 7.01. The number of carbonyl (C=O) groups excluding carboxylic acids is 1. The lowest BCUT2D eigenvalue weighted by Crippen LogP contribution is -2.25. The third-order valence-electron chi connectivity index (χ3n) is 2.77. The minimum absolute atomic E-state index is 0.0267. The SMILES string of the molecule is Cc1cnc(CNC(=O)c2cc(CNC(=O)O)cc(Cl)n2)nc1. The Morgan fingerprint density at radius 1 is 1.17 bits per heavy atom. The van der Waals surface area contributed by atoms with E-state index >= 15 is 0 Å². The summed E-state index contributed by atoms with van der Waals surface area (Å²) >= 11 is 5.85. The molecule has 2 amide bonds. The third-order valence-corrected chi connectivity index (χ3v) is 2.97. The van der Waals surface area contributed by atoms with Crippen LogP contribution < -0.4 is 10.6 Å². The quantitative estimate of drug-likeness (QED) is 0.713. The lowest BCUT2D eigenvalue weighted by molar-refractivity contribution is 0.0944. The van der Waals surface area contributed by atoms with Crippen LogP contribution in [0.5, 0.6) is 0 Å². The Kier molecular flexibility index (Phi) is 5.42. The fraction of sp³-hybridized carbons (Fsp3) is 0.214. The van der Waals surface area contributed by atoms with E-state index in [0.29, 0.717) is 11.4 Å². The Morgan fingerprint density at radius 3 is 2.52 bits per heavy atom. The maximum Gasteiger partial charge on any atom is 0.404 e. The van der Waals surface area contributed by atoms with Gasteiger partial charge in [0.2, 0.25) is 0 Å². The van der Waals surface area contributed by atoms with Crippen LogP contribution in [0.4, 0.5) is 4.79 Å². The van der Waals surface area contributed by atoms with Crippen LogP contribution in [0.2, 0.25) is 5.15 Å². The second-order valence-corrected chi connectivity index (χ2v) is 5.09. The summed E-state index contributed by atoms with van der Waals surface area (Å²) in [6.07, 6.45) is 2.14. The average molecular weight is 336 g/mol. The molecule has 0 aliphatic carbocycles. The molecule has 0 atom stereocenters. The van der Waals surface area contributed by atoms with Gasteiger partial charge in [-0.15, -0.1) is 0 Å². The molecule has 2 aromatic heterocycles. The van der Waals surface area contributed by atoms with E-state index < -0.39 is 12.0 Å². The van der Waals surface area contributed by atoms with Crippen LogP contribution in [0.1, 0.15) is 27.4 Å². The molecule has 0 aromatic carbocycles. The van der Waals surface area contributed by atoms with Gasteiger partial charge >= 0.3 is 6.09 Å². The second kappa shape index (κ2) is 7.50. The number of pyridine rings is 1. The maximum absolute atomic E-state index is 12.1. The lowest BCUT2D eigenvalue weighted by Gasteiger charge is -2.07. The van der Waals surface area contributed by atoms with Crippen LogP contribution in [0.15, 0.2) is 24.5 Å². The zero-order valence-corrected chi connectivity index (χ0v) is 13.0. The molecule has 0 unspecified atom stereocenters. The molecule has 120 valence electrons. The largest absolute Gasteiger partial charge is 0.465 e. The number of carbonyl (C=O) groups is 2. The Balaban J connectivity index is 2.03. The van der Waals surface area contributed by atoms with E-state index in [1.165, 1.54) is 12.1 Å². The highest BCUT2D eigenvalue weighted by molar-refractivity contribution is 6.29. The summed E-state index contributed by atoms with van der Waals surface area (Å²) in [5.41, 5.74) is 1.54. The topological polar surface area (TPSA) is 117 Å². The number of nitrogens with one attached hydrogen (secondary N) is 2. The standard InChI is InChI=1S/C14H14ClN5O3/c1-8-4-16-12(17-5-8)7-18-13(21)10-2-9(3-11(15)20-10)6-19-14(22)23/h2-5,19H,6-7H2,1H3,(H,18,21)(H,22,23). The van der Waals surface area contributed by atoms with Gasteiger partial charge < -0.3 is 15.7 Å². The van der Waals surface area contributed by atoms with Crippen molar-refractivity contribution in [2.45, 2.75) is 20.0 Å². The third kappa shape index (κ3) is 5.19. The summed E-state index contributed by atoms with van der Waals surface area (Å²) in [5, 5.41) is 13.5. The Hall–Kier alpha value is -2.74. The van der Waals surface area contributed by atoms with Crippen molar-refractivity contribution in [3.8, 4) is 0 Å². The molecule has 3 N–H and O–H groups in total. The molecular formula is C14H14ClN5O3. The molecule has 9 heteroatoms. The zero-order valence-electron chi connectivity index (χ0n) is 12.2. The fourth-order valence-corrected chi connectivity index (χ4v) is 1.94. The van der Waals surface area contributed by atoms with Crippen molar-refractivity contribution in [3.05, 3.63) is 52.3 Å². The maximum atomic E-state index is 12.1. The number of nitrogens with zero attached hydrogens (tertiary/aromatic N) is 3. The van der Waals surface area contributed by atoms with Gasteiger partial charge in [-0.1, -0.05) is 11.6 Å². The first-order chi connectivity index (χ1) is 10.9. The van der Waals surface area contributed by atoms with Crippen molar-refractivity contribution in [2.75, 3.05) is 0 Å². The average Bonchev–Trinajstić information content (AvgIpc) is 2.51. The molecular weight excluding hydrogens is 322 g/mol. The number of amides is 2. The van der Waals surface area contributed by atoms with Crippen LogP contribution in [-0.4, -0.2) is 32.1 Å². The molecule has 23 heavy (non-hydrogen) atoms. The molecule has 0 fully saturated rings. The summed E-state index contributed by atoms with van der Waals surface area (Å²) in [7, 11) is 0. The van der Waals surface area contributed by atoms with Gasteiger partial charge in [0.1, 0.15) is 16.7 Å². The molecule has 0 spiro atoms. The minimum atomic E-state index is -1.17. The van der Waals surface area contributed by atoms with E-state index in [1.807, 2.05) is 6.92 Å². The van der Waals surface area contributed by atoms with Crippen molar-refractivity contribution in [1.29, 1.82) is 0 Å². The Morgan fingerprint density at radius 2 is 1.87 bits per heavy atom. The van der Waals surface area contributed by atoms with E-state index in [4.69, 9.17) is 16.7 Å². The van der Waals surface area contributed by atoms with E-state index in [9.17, 15) is 9.59 Å². The highest BCUT2D eigenvalue weighted by Crippen LogP contribution is 2.11. The predicted molar refractivity (Wildman–Crippen MR) is 82.1 cm³/mol. The van der Waals surface area contributed by atoms with E-state index in [2.05, 4.69) is 25.6 Å². The van der Waals surface area contributed by atoms with Crippen LogP contribution >= 0.6 is 11.6 Å². The summed E-state index contributed by atoms with van der Waals surface area (Å²) in [4.78, 5) is 34.7. The van der Waals surface area contributed by atoms with Crippen molar-refractivity contribution >= 4 is 23.6 Å². The van der Waals surface area contributed by atoms with Crippen molar-refractivity contribution in [2.24, 2.45) is 0 Å². The molecule has 0 aliphatic heterocycles. The molecule has 8 nitrogen and oxygen atoms in total. The van der Waals surface area contributed by atoms with E-state index in [0.717, 1.165) is 5.56 Å². The molecule has 2 aromatic rings. The second-order valence-electron chi connectivity index (χ2n) is 4.70. The van der Waals surface area contributed by atoms with Gasteiger partial charge in [-0.3, -0.25) is 4.79 Å². The highest BCUT2D eigenvalue weighted by atomic mass is 35.5. The van der Waals surface area contributed by atoms with Crippen LogP contribution in [0, 0.1) is 6.92 Å². The first kappa shape index (κ1) is 16.6. The molecule has 0 saturated carbocycles. The van der Waals surface area contributed by atoms with Crippen LogP contribution in [0.3, 0.4) is 0 Å². The number of hydrogen-bond acceptors (Lipinski definition) is 5. The normalized spacial score (nSPS) is 10.2. The number of rotatable bonds is 5. The first-order valence-electron chi connectivity index (χ1n) is 6.63. The van der Waals surface area contributed by atoms with Gasteiger partial charge in [-0.2, -0.15) is 0 Å². The fourth-order valence-electron chi connectivity index (χ4n) is 1.71. The van der Waals surface area contributed by atoms with Crippen LogP contribution in [-0.2, 0) is 13.1 Å². The zero-order chi connectivity index (χ0) is 16.8. The van der Waals surface area contributed by atoms with Gasteiger partial charge in [0.25, 0.3) is 5.91 Å². The molecule has 0 saturated heterocycles. The van der Waals surface area contributed by atoms with Gasteiger partial charge in [0, 0.05) is 18.9 Å². The van der Waals surface area contributed by atoms with Gasteiger partial charge in [0.05, 0.1) is 6.54 Å². The van der Waals surface area contributed by atoms with Crippen molar-refractivity contribution in [3.63, 3.8) is 0 Å². The Labute approximate surface area is 136 Å². The van der Waals surface area contributed by atoms with Gasteiger partial charge in [-0.05, 0) is 30.2 Å². The summed E-state index contributed by atoms with van der Waals surface area (Å²) < 4.78 is 0. The molecule has 2 heterocycles. The summed E-state index contributed by atoms with van der Waals surface area (Å²) in [6, 6.07) is 2.95. The predicted octanol–water partition coefficient (Wildman–Crippen LogP) is 1.53. The van der Waals surface area contributed by atoms with E-state index in [1.54, 1.807) is 12.4 Å². The number of halogens is 1. The molecule has 0 aliphatic rings. The summed E-state index contributed by atoms with van der Waals surface area (Å²) in [5.74, 6) is 0.0204. The van der Waals surface area contributed by atoms with Crippen LogP contribution in [0.25, 0.3) is 0 Å². The molecule has 0 radical (unpaired) electrons. The summed E-state index contributed by atoms with van der Waals surface area (Å²) in [6.45, 7) is 2.04. The number of hydrogen-bond donors (Lipinski definition) is 3. The van der Waals surface area contributed by atoms with Crippen molar-refractivity contribution < 1.29 is 14.7 Å². The van der Waals surface area contributed by atoms with Gasteiger partial charge in [0.15, 0.2) is 0 Å². The monoisotopic (exact) mass is 335 g/mol. The molecule has 2 rings (SSSR count). The number of aromatic nitrogens is 3. The van der Waals surface area contributed by atoms with Crippen molar-refractivity contribution in [1.82, 2.24) is 25.6 Å². The molecule has 0 bridgehead atoms. The van der Waals surface area contributed by atoms with E-state index in [-0.39, 0.29) is 23.9 Å². The number of carboxylic acid groups (broad SMARTS) is 1. The lowest BCUT2D eigenvalue weighted by atomic mass is 10.2. The van der Waals surface area contributed by atoms with Gasteiger partial charge in [-0.25, -0.2) is 19.7 Å². The smallest absolute Gasteiger partial charge is 0.404 e. The minimum Gasteiger partial charge on any atom is -0.465 e.